The maximum atomic E-state index is 3.97. The van der Waals surface area contributed by atoms with Crippen LogP contribution in [0.4, 0.5) is 0 Å². The molecule has 0 aliphatic heterocycles. The van der Waals surface area contributed by atoms with Gasteiger partial charge >= 0.3 is 0 Å². The van der Waals surface area contributed by atoms with E-state index in [1.807, 2.05) is 34.7 Å². The fourth-order valence-corrected chi connectivity index (χ4v) is 1.83. The van der Waals surface area contributed by atoms with Gasteiger partial charge in [-0.1, -0.05) is 96.5 Å². The molecule has 0 fully saturated rings. The molecular formula is C26H47N. The van der Waals surface area contributed by atoms with E-state index in [-0.39, 0.29) is 0 Å². The minimum Gasteiger partial charge on any atom is -0.316 e. The lowest BCUT2D eigenvalue weighted by atomic mass is 9.96. The number of nitrogens with one attached hydrogen (secondary N) is 1. The lowest BCUT2D eigenvalue weighted by molar-refractivity contribution is 0.773. The van der Waals surface area contributed by atoms with Crippen LogP contribution in [0.25, 0.3) is 11.1 Å². The van der Waals surface area contributed by atoms with Gasteiger partial charge in [0, 0.05) is 6.54 Å². The molecule has 1 heteroatoms. The van der Waals surface area contributed by atoms with Crippen molar-refractivity contribution in [2.45, 2.75) is 75.7 Å². The van der Waals surface area contributed by atoms with Crippen molar-refractivity contribution in [2.75, 3.05) is 13.6 Å². The molecule has 1 aromatic rings. The second kappa shape index (κ2) is 19.2. The summed E-state index contributed by atoms with van der Waals surface area (Å²) in [7, 11) is 1.97. The molecule has 0 radical (unpaired) electrons. The zero-order chi connectivity index (χ0) is 22.0. The first kappa shape index (κ1) is 30.1. The number of hydrogen-bond donors (Lipinski definition) is 1. The number of allylic oxidation sites excluding steroid dienone is 3. The molecule has 0 amide bonds. The van der Waals surface area contributed by atoms with Crippen molar-refractivity contribution < 1.29 is 0 Å². The van der Waals surface area contributed by atoms with Crippen LogP contribution in [-0.2, 0) is 0 Å². The van der Waals surface area contributed by atoms with Crippen molar-refractivity contribution in [1.29, 1.82) is 0 Å². The molecule has 0 saturated heterocycles. The van der Waals surface area contributed by atoms with Gasteiger partial charge in [-0.2, -0.15) is 0 Å². The molecule has 0 unspecified atom stereocenters. The van der Waals surface area contributed by atoms with Crippen LogP contribution in [0.2, 0.25) is 0 Å². The number of rotatable bonds is 5. The van der Waals surface area contributed by atoms with E-state index in [0.29, 0.717) is 5.92 Å². The predicted molar refractivity (Wildman–Crippen MR) is 130 cm³/mol. The summed E-state index contributed by atoms with van der Waals surface area (Å²) in [5.41, 5.74) is 7.57. The summed E-state index contributed by atoms with van der Waals surface area (Å²) in [6, 6.07) is 6.53. The van der Waals surface area contributed by atoms with Crippen LogP contribution in [0.15, 0.2) is 43.0 Å². The van der Waals surface area contributed by atoms with Gasteiger partial charge in [0.05, 0.1) is 0 Å². The minimum atomic E-state index is 0.657. The quantitative estimate of drug-likeness (QED) is 0.512. The van der Waals surface area contributed by atoms with E-state index in [0.717, 1.165) is 12.1 Å². The first-order chi connectivity index (χ1) is 12.7. The molecule has 1 aromatic carbocycles. The van der Waals surface area contributed by atoms with Crippen molar-refractivity contribution in [3.63, 3.8) is 0 Å². The lowest BCUT2D eigenvalue weighted by Crippen LogP contribution is -2.10. The highest BCUT2D eigenvalue weighted by Gasteiger charge is 2.04. The van der Waals surface area contributed by atoms with Gasteiger partial charge in [-0.25, -0.2) is 0 Å². The maximum absolute atomic E-state index is 3.97. The van der Waals surface area contributed by atoms with Crippen molar-refractivity contribution >= 4 is 11.1 Å². The molecule has 0 saturated carbocycles. The molecule has 156 valence electrons. The molecule has 0 heterocycles. The van der Waals surface area contributed by atoms with E-state index in [2.05, 4.69) is 84.3 Å². The molecule has 0 aliphatic rings. The van der Waals surface area contributed by atoms with Crippen LogP contribution in [0.1, 0.15) is 85.4 Å². The van der Waals surface area contributed by atoms with Crippen LogP contribution in [0, 0.1) is 12.8 Å². The highest BCUT2D eigenvalue weighted by molar-refractivity contribution is 5.72. The Balaban J connectivity index is -0.000000436. The molecule has 0 spiro atoms. The Bertz CT molecular complexity index is 547. The van der Waals surface area contributed by atoms with Crippen molar-refractivity contribution in [1.82, 2.24) is 5.32 Å². The van der Waals surface area contributed by atoms with E-state index < -0.39 is 0 Å². The summed E-state index contributed by atoms with van der Waals surface area (Å²) in [6.45, 7) is 29.5. The summed E-state index contributed by atoms with van der Waals surface area (Å²) < 4.78 is 0. The highest BCUT2D eigenvalue weighted by Crippen LogP contribution is 2.22. The van der Waals surface area contributed by atoms with Gasteiger partial charge in [-0.05, 0) is 62.9 Å². The summed E-state index contributed by atoms with van der Waals surface area (Å²) in [4.78, 5) is 0. The minimum absolute atomic E-state index is 0.657. The summed E-state index contributed by atoms with van der Waals surface area (Å²) in [5, 5.41) is 3.20. The topological polar surface area (TPSA) is 12.0 Å². The Hall–Kier alpha value is -1.60. The number of benzene rings is 1. The first-order valence-electron chi connectivity index (χ1n) is 10.4. The Morgan fingerprint density at radius 3 is 1.81 bits per heavy atom. The van der Waals surface area contributed by atoms with Crippen molar-refractivity contribution in [2.24, 2.45) is 5.92 Å². The van der Waals surface area contributed by atoms with Gasteiger partial charge in [0.15, 0.2) is 0 Å². The Labute approximate surface area is 171 Å². The van der Waals surface area contributed by atoms with Gasteiger partial charge in [0.25, 0.3) is 0 Å². The molecule has 1 N–H and O–H groups in total. The first-order valence-corrected chi connectivity index (χ1v) is 10.4. The van der Waals surface area contributed by atoms with E-state index in [1.165, 1.54) is 34.3 Å². The average molecular weight is 374 g/mol. The Kier molecular flexibility index (Phi) is 21.4. The number of likely N-dealkylation sites (N-methyl/N-ethyl adjacent to an activating group) is 1. The van der Waals surface area contributed by atoms with Crippen molar-refractivity contribution in [3.05, 3.63) is 59.7 Å². The maximum Gasteiger partial charge on any atom is 0.0205 e. The van der Waals surface area contributed by atoms with Gasteiger partial charge in [0.1, 0.15) is 0 Å². The largest absolute Gasteiger partial charge is 0.316 e. The van der Waals surface area contributed by atoms with Crippen LogP contribution in [0.3, 0.4) is 0 Å². The van der Waals surface area contributed by atoms with E-state index >= 15 is 0 Å². The zero-order valence-electron chi connectivity index (χ0n) is 20.2. The molecule has 1 rings (SSSR count). The fourth-order valence-electron chi connectivity index (χ4n) is 1.83. The second-order valence-electron chi connectivity index (χ2n) is 6.86. The van der Waals surface area contributed by atoms with Crippen LogP contribution in [-0.4, -0.2) is 13.6 Å². The van der Waals surface area contributed by atoms with Gasteiger partial charge in [0.2, 0.25) is 0 Å². The van der Waals surface area contributed by atoms with Gasteiger partial charge < -0.3 is 5.32 Å². The second-order valence-corrected chi connectivity index (χ2v) is 6.86. The standard InChI is InChI=1S/C15H21N.C6H12.C3H8.C2H6/c1-6-13(10-16-5)15-8-7-14(11(2)3)9-12(15)4;1-5(2)6(3)4;1-3-2;1-2/h6-9,16H,2,10H2,1,3-5H3;6H,1H2,2-4H3;3H2,1-2H3;1-2H3/b13-6+;;;. The molecule has 0 aromatic heterocycles. The summed E-state index contributed by atoms with van der Waals surface area (Å²) >= 11 is 0. The molecule has 27 heavy (non-hydrogen) atoms. The van der Waals surface area contributed by atoms with E-state index in [9.17, 15) is 0 Å². The predicted octanol–water partition coefficient (Wildman–Crippen LogP) is 8.31. The number of aryl methyl sites for hydroxylation is 1. The average Bonchev–Trinajstić information content (AvgIpc) is 2.62. The third-order valence-corrected chi connectivity index (χ3v) is 3.77. The highest BCUT2D eigenvalue weighted by atomic mass is 14.8. The summed E-state index contributed by atoms with van der Waals surface area (Å²) in [6.07, 6.45) is 3.42. The van der Waals surface area contributed by atoms with E-state index in [4.69, 9.17) is 0 Å². The molecule has 0 aliphatic carbocycles. The van der Waals surface area contributed by atoms with Gasteiger partial charge in [-0.3, -0.25) is 0 Å². The summed E-state index contributed by atoms with van der Waals surface area (Å²) in [5.74, 6) is 0.657. The Morgan fingerprint density at radius 1 is 1.11 bits per heavy atom. The molecular weight excluding hydrogens is 326 g/mol. The SMILES string of the molecule is C=C(C)C(C)C.C=C(C)c1ccc(/C(=C/C)CNC)c(C)c1.CC.CCC. The molecule has 1 nitrogen and oxygen atoms in total. The van der Waals surface area contributed by atoms with Gasteiger partial charge in [-0.15, -0.1) is 0 Å². The van der Waals surface area contributed by atoms with Crippen molar-refractivity contribution in [3.8, 4) is 0 Å². The third kappa shape index (κ3) is 15.2. The molecule has 0 bridgehead atoms. The van der Waals surface area contributed by atoms with E-state index in [1.54, 1.807) is 0 Å². The van der Waals surface area contributed by atoms with Crippen LogP contribution in [0.5, 0.6) is 0 Å². The third-order valence-electron chi connectivity index (χ3n) is 3.77. The van der Waals surface area contributed by atoms with Crippen LogP contribution < -0.4 is 5.32 Å². The van der Waals surface area contributed by atoms with Crippen LogP contribution >= 0.6 is 0 Å². The smallest absolute Gasteiger partial charge is 0.0205 e. The molecule has 0 atom stereocenters. The lowest BCUT2D eigenvalue weighted by Gasteiger charge is -2.12. The monoisotopic (exact) mass is 373 g/mol. The Morgan fingerprint density at radius 2 is 1.56 bits per heavy atom. The number of hydrogen-bond acceptors (Lipinski definition) is 1. The normalized spacial score (nSPS) is 9.85. The fraction of sp³-hybridized carbons (Fsp3) is 0.538. The zero-order valence-corrected chi connectivity index (χ0v) is 20.2.